The molecule has 1 fully saturated rings. The molecule has 3 atom stereocenters. The third-order valence-corrected chi connectivity index (χ3v) is 4.01. The Morgan fingerprint density at radius 2 is 1.89 bits per heavy atom. The number of carbonyl (C=O) groups is 1. The molecule has 1 saturated heterocycles. The highest BCUT2D eigenvalue weighted by Crippen LogP contribution is 2.20. The fraction of sp³-hybridized carbons (Fsp3) is 0.933. The van der Waals surface area contributed by atoms with Crippen molar-refractivity contribution in [1.82, 2.24) is 15.8 Å². The van der Waals surface area contributed by atoms with Crippen molar-refractivity contribution in [3.05, 3.63) is 0 Å². The molecule has 112 valence electrons. The topological polar surface area (TPSA) is 44.4 Å². The van der Waals surface area contributed by atoms with Gasteiger partial charge in [0.05, 0.1) is 6.04 Å². The van der Waals surface area contributed by atoms with E-state index in [2.05, 4.69) is 36.5 Å². The van der Waals surface area contributed by atoms with Crippen LogP contribution >= 0.6 is 0 Å². The van der Waals surface area contributed by atoms with Gasteiger partial charge in [-0.25, -0.2) is 10.4 Å². The molecule has 1 aliphatic rings. The summed E-state index contributed by atoms with van der Waals surface area (Å²) in [6.07, 6.45) is 7.16. The van der Waals surface area contributed by atoms with Crippen LogP contribution in [0.3, 0.4) is 0 Å². The summed E-state index contributed by atoms with van der Waals surface area (Å²) in [6.45, 7) is 9.38. The number of carbonyl (C=O) groups excluding carboxylic acids is 1. The zero-order valence-corrected chi connectivity index (χ0v) is 13.0. The minimum atomic E-state index is -0.148. The number of piperidine rings is 1. The van der Waals surface area contributed by atoms with Crippen LogP contribution in [-0.2, 0) is 4.79 Å². The number of nitrogens with one attached hydrogen (secondary N) is 2. The predicted molar refractivity (Wildman–Crippen MR) is 79.7 cm³/mol. The fourth-order valence-electron chi connectivity index (χ4n) is 2.70. The molecule has 0 spiro atoms. The highest BCUT2D eigenvalue weighted by Gasteiger charge is 2.27. The fourth-order valence-corrected chi connectivity index (χ4v) is 2.70. The molecule has 1 aliphatic heterocycles. The summed E-state index contributed by atoms with van der Waals surface area (Å²) in [4.78, 5) is 12.0. The van der Waals surface area contributed by atoms with Crippen LogP contribution in [-0.4, -0.2) is 35.6 Å². The summed E-state index contributed by atoms with van der Waals surface area (Å²) in [5.74, 6) is 0.112. The lowest BCUT2D eigenvalue weighted by atomic mass is 10.00. The average molecular weight is 269 g/mol. The Bertz CT molecular complexity index is 260. The van der Waals surface area contributed by atoms with Gasteiger partial charge in [-0.2, -0.15) is 0 Å². The number of unbranched alkanes of at least 4 members (excludes halogenated alkanes) is 2. The van der Waals surface area contributed by atoms with E-state index in [-0.39, 0.29) is 11.9 Å². The zero-order chi connectivity index (χ0) is 14.3. The van der Waals surface area contributed by atoms with E-state index >= 15 is 0 Å². The second-order valence-corrected chi connectivity index (χ2v) is 5.89. The summed E-state index contributed by atoms with van der Waals surface area (Å²) >= 11 is 0. The molecule has 4 heteroatoms. The Morgan fingerprint density at radius 1 is 1.26 bits per heavy atom. The Labute approximate surface area is 118 Å². The number of nitrogens with zero attached hydrogens (tertiary/aromatic N) is 1. The van der Waals surface area contributed by atoms with E-state index in [1.165, 1.54) is 32.1 Å². The van der Waals surface area contributed by atoms with Crippen molar-refractivity contribution in [2.24, 2.45) is 0 Å². The number of hydrogen-bond acceptors (Lipinski definition) is 3. The van der Waals surface area contributed by atoms with E-state index in [1.54, 1.807) is 0 Å². The van der Waals surface area contributed by atoms with Crippen LogP contribution in [0, 0.1) is 0 Å². The lowest BCUT2D eigenvalue weighted by Gasteiger charge is -2.40. The highest BCUT2D eigenvalue weighted by molar-refractivity contribution is 5.81. The molecule has 0 aromatic carbocycles. The first-order valence-corrected chi connectivity index (χ1v) is 7.88. The molecule has 0 saturated carbocycles. The molecule has 1 rings (SSSR count). The first kappa shape index (κ1) is 16.4. The van der Waals surface area contributed by atoms with Gasteiger partial charge in [0.25, 0.3) is 0 Å². The van der Waals surface area contributed by atoms with Crippen molar-refractivity contribution in [3.8, 4) is 0 Å². The third-order valence-electron chi connectivity index (χ3n) is 4.01. The van der Waals surface area contributed by atoms with Gasteiger partial charge in [-0.05, 0) is 40.0 Å². The monoisotopic (exact) mass is 269 g/mol. The van der Waals surface area contributed by atoms with Gasteiger partial charge in [0.2, 0.25) is 5.91 Å². The van der Waals surface area contributed by atoms with Gasteiger partial charge in [0.15, 0.2) is 0 Å². The smallest absolute Gasteiger partial charge is 0.238 e. The van der Waals surface area contributed by atoms with Crippen molar-refractivity contribution >= 4 is 5.91 Å². The van der Waals surface area contributed by atoms with E-state index in [0.29, 0.717) is 12.1 Å². The Kier molecular flexibility index (Phi) is 7.39. The second-order valence-electron chi connectivity index (χ2n) is 5.89. The maximum atomic E-state index is 12.0. The lowest BCUT2D eigenvalue weighted by molar-refractivity contribution is -0.125. The van der Waals surface area contributed by atoms with Crippen molar-refractivity contribution in [2.45, 2.75) is 84.3 Å². The first-order chi connectivity index (χ1) is 9.06. The maximum Gasteiger partial charge on any atom is 0.238 e. The molecule has 0 aliphatic carbocycles. The summed E-state index contributed by atoms with van der Waals surface area (Å²) in [6, 6.07) is 0.878. The standard InChI is InChI=1S/C15H31N3O/c1-5-6-7-11-16-15(19)14(4)17-18-12(2)9-8-10-13(18)3/h12-14,17H,5-11H2,1-4H3,(H,16,19). The Balaban J connectivity index is 2.31. The number of hydrazine groups is 1. The van der Waals surface area contributed by atoms with Gasteiger partial charge in [-0.1, -0.05) is 26.2 Å². The van der Waals surface area contributed by atoms with Crippen molar-refractivity contribution in [2.75, 3.05) is 6.54 Å². The van der Waals surface area contributed by atoms with Gasteiger partial charge >= 0.3 is 0 Å². The Morgan fingerprint density at radius 3 is 2.47 bits per heavy atom. The van der Waals surface area contributed by atoms with Gasteiger partial charge in [0.1, 0.15) is 0 Å². The quantitative estimate of drug-likeness (QED) is 0.698. The molecule has 1 amide bonds. The van der Waals surface area contributed by atoms with Gasteiger partial charge in [0, 0.05) is 18.6 Å². The summed E-state index contributed by atoms with van der Waals surface area (Å²) in [5, 5.41) is 5.27. The van der Waals surface area contributed by atoms with E-state index in [4.69, 9.17) is 0 Å². The number of amides is 1. The minimum Gasteiger partial charge on any atom is -0.355 e. The summed E-state index contributed by atoms with van der Waals surface area (Å²) < 4.78 is 0. The van der Waals surface area contributed by atoms with Crippen LogP contribution in [0.25, 0.3) is 0 Å². The third kappa shape index (κ3) is 5.49. The van der Waals surface area contributed by atoms with E-state index in [0.717, 1.165) is 13.0 Å². The average Bonchev–Trinajstić information content (AvgIpc) is 2.38. The van der Waals surface area contributed by atoms with Crippen LogP contribution in [0.2, 0.25) is 0 Å². The summed E-state index contributed by atoms with van der Waals surface area (Å²) in [5.41, 5.74) is 3.38. The molecule has 0 bridgehead atoms. The normalized spacial score (nSPS) is 26.1. The van der Waals surface area contributed by atoms with Crippen molar-refractivity contribution in [3.63, 3.8) is 0 Å². The van der Waals surface area contributed by atoms with Gasteiger partial charge < -0.3 is 5.32 Å². The van der Waals surface area contributed by atoms with Crippen LogP contribution in [0.4, 0.5) is 0 Å². The number of rotatable bonds is 7. The van der Waals surface area contributed by atoms with E-state index in [1.807, 2.05) is 6.92 Å². The van der Waals surface area contributed by atoms with Gasteiger partial charge in [-0.3, -0.25) is 4.79 Å². The SMILES string of the molecule is CCCCCNC(=O)C(C)NN1C(C)CCCC1C. The second kappa shape index (κ2) is 8.54. The van der Waals surface area contributed by atoms with Crippen LogP contribution in [0.1, 0.15) is 66.2 Å². The van der Waals surface area contributed by atoms with Crippen LogP contribution in [0.5, 0.6) is 0 Å². The molecule has 0 radical (unpaired) electrons. The maximum absolute atomic E-state index is 12.0. The predicted octanol–water partition coefficient (Wildman–Crippen LogP) is 2.45. The van der Waals surface area contributed by atoms with Crippen LogP contribution < -0.4 is 10.7 Å². The molecule has 2 N–H and O–H groups in total. The highest BCUT2D eigenvalue weighted by atomic mass is 16.2. The number of hydrogen-bond donors (Lipinski definition) is 2. The minimum absolute atomic E-state index is 0.112. The zero-order valence-electron chi connectivity index (χ0n) is 13.0. The molecule has 4 nitrogen and oxygen atoms in total. The van der Waals surface area contributed by atoms with E-state index in [9.17, 15) is 4.79 Å². The first-order valence-electron chi connectivity index (χ1n) is 7.88. The van der Waals surface area contributed by atoms with Crippen molar-refractivity contribution in [1.29, 1.82) is 0 Å². The van der Waals surface area contributed by atoms with Crippen LogP contribution in [0.15, 0.2) is 0 Å². The van der Waals surface area contributed by atoms with Gasteiger partial charge in [-0.15, -0.1) is 0 Å². The largest absolute Gasteiger partial charge is 0.355 e. The Hall–Kier alpha value is -0.610. The molecule has 1 heterocycles. The van der Waals surface area contributed by atoms with Crippen molar-refractivity contribution < 1.29 is 4.79 Å². The lowest BCUT2D eigenvalue weighted by Crippen LogP contribution is -2.58. The summed E-state index contributed by atoms with van der Waals surface area (Å²) in [7, 11) is 0. The molecule has 3 unspecified atom stereocenters. The van der Waals surface area contributed by atoms with E-state index < -0.39 is 0 Å². The molecular weight excluding hydrogens is 238 g/mol. The molecule has 0 aromatic rings. The molecule has 0 aromatic heterocycles. The molecule has 19 heavy (non-hydrogen) atoms. The molecular formula is C15H31N3O.